The zero-order chi connectivity index (χ0) is 22.1. The second-order valence-corrected chi connectivity index (χ2v) is 5.94. The van der Waals surface area contributed by atoms with Crippen molar-refractivity contribution in [3.63, 3.8) is 0 Å². The quantitative estimate of drug-likeness (QED) is 0.274. The van der Waals surface area contributed by atoms with Crippen molar-refractivity contribution >= 4 is 17.7 Å². The third-order valence-electron chi connectivity index (χ3n) is 3.46. The first-order chi connectivity index (χ1) is 14.1. The van der Waals surface area contributed by atoms with Crippen LogP contribution in [0.15, 0.2) is 53.7 Å². The van der Waals surface area contributed by atoms with Crippen LogP contribution in [0.5, 0.6) is 5.75 Å². The Balaban J connectivity index is 1.94. The van der Waals surface area contributed by atoms with Crippen LogP contribution in [0.25, 0.3) is 0 Å². The summed E-state index contributed by atoms with van der Waals surface area (Å²) < 4.78 is 46.0. The minimum atomic E-state index is -4.44. The van der Waals surface area contributed by atoms with E-state index < -0.39 is 24.7 Å². The van der Waals surface area contributed by atoms with Gasteiger partial charge in [-0.05, 0) is 42.0 Å². The maximum atomic E-state index is 12.1. The molecule has 160 valence electrons. The van der Waals surface area contributed by atoms with E-state index >= 15 is 0 Å². The molecule has 0 saturated carbocycles. The molecule has 2 aromatic carbocycles. The Morgan fingerprint density at radius 2 is 1.70 bits per heavy atom. The Labute approximate surface area is 169 Å². The molecule has 0 heterocycles. The lowest BCUT2D eigenvalue weighted by Gasteiger charge is -2.08. The molecule has 0 aliphatic carbocycles. The lowest BCUT2D eigenvalue weighted by atomic mass is 10.1. The fourth-order valence-electron chi connectivity index (χ4n) is 2.15. The number of rotatable bonds is 9. The van der Waals surface area contributed by atoms with Crippen molar-refractivity contribution in [3.8, 4) is 5.75 Å². The summed E-state index contributed by atoms with van der Waals surface area (Å²) in [5.41, 5.74) is 11.6. The molecular weight excluding hydrogens is 407 g/mol. The highest BCUT2D eigenvalue weighted by molar-refractivity contribution is 5.98. The van der Waals surface area contributed by atoms with E-state index in [0.717, 1.165) is 0 Å². The Kier molecular flexibility index (Phi) is 7.76. The summed E-state index contributed by atoms with van der Waals surface area (Å²) in [6.45, 7) is -1.99. The number of hydrogen-bond donors (Lipinski definition) is 2. The third kappa shape index (κ3) is 7.80. The summed E-state index contributed by atoms with van der Waals surface area (Å²) in [6, 6.07) is 11.8. The minimum Gasteiger partial charge on any atom is -0.484 e. The normalized spacial score (nSPS) is 11.8. The number of hydrogen-bond acceptors (Lipinski definition) is 6. The van der Waals surface area contributed by atoms with Crippen molar-refractivity contribution in [2.45, 2.75) is 12.8 Å². The molecule has 0 unspecified atom stereocenters. The molecule has 30 heavy (non-hydrogen) atoms. The molecule has 2 aromatic rings. The first-order valence-corrected chi connectivity index (χ1v) is 8.44. The number of halogens is 3. The average molecular weight is 425 g/mol. The number of alkyl halides is 3. The van der Waals surface area contributed by atoms with Crippen molar-refractivity contribution in [2.24, 2.45) is 16.6 Å². The average Bonchev–Trinajstić information content (AvgIpc) is 2.70. The van der Waals surface area contributed by atoms with E-state index in [2.05, 4.69) is 9.89 Å². The van der Waals surface area contributed by atoms with Gasteiger partial charge in [-0.2, -0.15) is 13.2 Å². The second-order valence-electron chi connectivity index (χ2n) is 5.94. The van der Waals surface area contributed by atoms with Gasteiger partial charge in [0.05, 0.1) is 12.2 Å². The number of nitrogens with zero attached hydrogens (tertiary/aromatic N) is 1. The predicted molar refractivity (Wildman–Crippen MR) is 99.4 cm³/mol. The zero-order valence-electron chi connectivity index (χ0n) is 15.5. The number of ether oxygens (including phenoxy) is 2. The lowest BCUT2D eigenvalue weighted by Crippen LogP contribution is -2.20. The van der Waals surface area contributed by atoms with Crippen LogP contribution in [0.4, 0.5) is 13.2 Å². The molecule has 4 N–H and O–H groups in total. The van der Waals surface area contributed by atoms with Crippen LogP contribution in [0, 0.1) is 0 Å². The first-order valence-electron chi connectivity index (χ1n) is 8.44. The van der Waals surface area contributed by atoms with E-state index in [9.17, 15) is 22.8 Å². The van der Waals surface area contributed by atoms with Gasteiger partial charge in [-0.1, -0.05) is 17.3 Å². The van der Waals surface area contributed by atoms with Gasteiger partial charge >= 0.3 is 12.1 Å². The van der Waals surface area contributed by atoms with Gasteiger partial charge in [0.15, 0.2) is 12.4 Å². The summed E-state index contributed by atoms with van der Waals surface area (Å²) in [6.07, 6.45) is -4.44. The minimum absolute atomic E-state index is 0.0647. The molecular formula is C19H18F3N3O5. The lowest BCUT2D eigenvalue weighted by molar-refractivity contribution is -0.176. The predicted octanol–water partition coefficient (Wildman–Crippen LogP) is 2.11. The van der Waals surface area contributed by atoms with Crippen molar-refractivity contribution in [1.29, 1.82) is 0 Å². The molecule has 1 amide bonds. The highest BCUT2D eigenvalue weighted by atomic mass is 19.4. The molecule has 11 heteroatoms. The van der Waals surface area contributed by atoms with Gasteiger partial charge in [-0.15, -0.1) is 0 Å². The topological polar surface area (TPSA) is 126 Å². The van der Waals surface area contributed by atoms with Gasteiger partial charge in [-0.3, -0.25) is 4.79 Å². The van der Waals surface area contributed by atoms with Gasteiger partial charge in [0, 0.05) is 5.56 Å². The summed E-state index contributed by atoms with van der Waals surface area (Å²) in [5.74, 6) is -1.19. The van der Waals surface area contributed by atoms with E-state index in [1.807, 2.05) is 0 Å². The van der Waals surface area contributed by atoms with E-state index in [1.165, 1.54) is 48.5 Å². The van der Waals surface area contributed by atoms with Gasteiger partial charge in [0.2, 0.25) is 0 Å². The van der Waals surface area contributed by atoms with E-state index in [4.69, 9.17) is 21.0 Å². The van der Waals surface area contributed by atoms with Crippen LogP contribution in [-0.4, -0.2) is 37.1 Å². The molecule has 0 atom stereocenters. The monoisotopic (exact) mass is 425 g/mol. The van der Waals surface area contributed by atoms with Gasteiger partial charge in [0.25, 0.3) is 5.91 Å². The molecule has 0 radical (unpaired) electrons. The summed E-state index contributed by atoms with van der Waals surface area (Å²) in [5, 5.41) is 3.55. The van der Waals surface area contributed by atoms with Crippen molar-refractivity contribution in [2.75, 3.05) is 13.2 Å². The number of nitrogens with two attached hydrogens (primary N) is 2. The number of amides is 1. The van der Waals surface area contributed by atoms with Gasteiger partial charge in [-0.25, -0.2) is 4.79 Å². The van der Waals surface area contributed by atoms with Crippen LogP contribution < -0.4 is 16.2 Å². The Hall–Kier alpha value is -3.60. The highest BCUT2D eigenvalue weighted by Gasteiger charge is 2.27. The molecule has 2 rings (SSSR count). The second kappa shape index (κ2) is 10.3. The molecule has 0 aromatic heterocycles. The summed E-state index contributed by atoms with van der Waals surface area (Å²) in [4.78, 5) is 27.6. The Morgan fingerprint density at radius 3 is 2.33 bits per heavy atom. The largest absolute Gasteiger partial charge is 0.484 e. The molecule has 0 bridgehead atoms. The van der Waals surface area contributed by atoms with E-state index in [0.29, 0.717) is 16.9 Å². The Morgan fingerprint density at radius 1 is 1.00 bits per heavy atom. The van der Waals surface area contributed by atoms with E-state index in [1.54, 1.807) is 0 Å². The summed E-state index contributed by atoms with van der Waals surface area (Å²) in [7, 11) is 0. The molecule has 8 nitrogen and oxygen atoms in total. The standard InChI is InChI=1S/C19H18F3N3O5/c20-19(21,22)11-28-9-12-2-1-3-14(8-12)18(27)30-25-17(24)13-4-6-15(7-5-13)29-10-16(23)26/h1-8H,9-11H2,(H2,23,26)(H2,24,25). The number of carbonyl (C=O) groups is 2. The first kappa shape index (κ1) is 22.7. The van der Waals surface area contributed by atoms with Gasteiger partial charge < -0.3 is 25.8 Å². The maximum Gasteiger partial charge on any atom is 0.411 e. The molecule has 0 fully saturated rings. The van der Waals surface area contributed by atoms with Crippen LogP contribution in [0.1, 0.15) is 21.5 Å². The molecule has 0 spiro atoms. The molecule has 0 saturated heterocycles. The molecule has 0 aliphatic heterocycles. The zero-order valence-corrected chi connectivity index (χ0v) is 15.5. The third-order valence-corrected chi connectivity index (χ3v) is 3.46. The maximum absolute atomic E-state index is 12.1. The number of oxime groups is 1. The van der Waals surface area contributed by atoms with Gasteiger partial charge in [0.1, 0.15) is 12.4 Å². The van der Waals surface area contributed by atoms with Crippen molar-refractivity contribution in [3.05, 3.63) is 65.2 Å². The van der Waals surface area contributed by atoms with Crippen LogP contribution in [0.3, 0.4) is 0 Å². The smallest absolute Gasteiger partial charge is 0.411 e. The number of benzene rings is 2. The Bertz CT molecular complexity index is 914. The fourth-order valence-corrected chi connectivity index (χ4v) is 2.15. The van der Waals surface area contributed by atoms with Crippen LogP contribution in [0.2, 0.25) is 0 Å². The highest BCUT2D eigenvalue weighted by Crippen LogP contribution is 2.16. The SMILES string of the molecule is NC(=O)COc1ccc(/C(N)=N/OC(=O)c2cccc(COCC(F)(F)F)c2)cc1. The van der Waals surface area contributed by atoms with Crippen LogP contribution in [-0.2, 0) is 21.0 Å². The molecule has 0 aliphatic rings. The van der Waals surface area contributed by atoms with Crippen molar-refractivity contribution < 1.29 is 37.1 Å². The van der Waals surface area contributed by atoms with Crippen LogP contribution >= 0.6 is 0 Å². The number of primary amides is 1. The fraction of sp³-hybridized carbons (Fsp3) is 0.211. The van der Waals surface area contributed by atoms with E-state index in [-0.39, 0.29) is 24.6 Å². The summed E-state index contributed by atoms with van der Waals surface area (Å²) >= 11 is 0. The number of carbonyl (C=O) groups excluding carboxylic acids is 2. The number of amidine groups is 1. The van der Waals surface area contributed by atoms with Crippen molar-refractivity contribution in [1.82, 2.24) is 0 Å².